The van der Waals surface area contributed by atoms with Crippen LogP contribution in [0.3, 0.4) is 0 Å². The third-order valence-corrected chi connectivity index (χ3v) is 4.07. The van der Waals surface area contributed by atoms with E-state index in [1.165, 1.54) is 22.7 Å². The topological polar surface area (TPSA) is 24.9 Å². The number of rotatable bonds is 7. The summed E-state index contributed by atoms with van der Waals surface area (Å²) in [4.78, 5) is 5.69. The molecule has 0 bridgehead atoms. The lowest BCUT2D eigenvalue weighted by atomic mass is 10.2. The van der Waals surface area contributed by atoms with E-state index in [0.29, 0.717) is 0 Å². The number of hydrogen-bond donors (Lipinski definition) is 1. The Morgan fingerprint density at radius 2 is 2.19 bits per heavy atom. The fourth-order valence-corrected chi connectivity index (χ4v) is 2.86. The summed E-state index contributed by atoms with van der Waals surface area (Å²) in [6.07, 6.45) is 5.46. The molecule has 1 N–H and O–H groups in total. The van der Waals surface area contributed by atoms with Crippen molar-refractivity contribution in [3.8, 4) is 0 Å². The second kappa shape index (κ2) is 6.78. The Bertz CT molecular complexity index is 329. The van der Waals surface area contributed by atoms with Gasteiger partial charge in [0.15, 0.2) is 0 Å². The largest absolute Gasteiger partial charge is 0.312 e. The van der Waals surface area contributed by atoms with E-state index in [2.05, 4.69) is 27.8 Å². The van der Waals surface area contributed by atoms with E-state index >= 15 is 0 Å². The zero-order chi connectivity index (χ0) is 11.1. The molecule has 0 aromatic carbocycles. The van der Waals surface area contributed by atoms with Crippen molar-refractivity contribution >= 4 is 22.7 Å². The summed E-state index contributed by atoms with van der Waals surface area (Å²) in [7, 11) is 0. The van der Waals surface area contributed by atoms with Crippen LogP contribution in [-0.4, -0.2) is 11.5 Å². The highest BCUT2D eigenvalue weighted by atomic mass is 32.1. The van der Waals surface area contributed by atoms with Crippen molar-refractivity contribution in [1.29, 1.82) is 0 Å². The van der Waals surface area contributed by atoms with Crippen LogP contribution in [0.4, 0.5) is 0 Å². The van der Waals surface area contributed by atoms with Crippen molar-refractivity contribution in [2.24, 2.45) is 0 Å². The highest BCUT2D eigenvalue weighted by Gasteiger charge is 1.96. The van der Waals surface area contributed by atoms with Gasteiger partial charge in [-0.05, 0) is 37.3 Å². The van der Waals surface area contributed by atoms with Crippen LogP contribution in [0.5, 0.6) is 0 Å². The average molecular weight is 252 g/mol. The van der Waals surface area contributed by atoms with Crippen LogP contribution in [0.2, 0.25) is 0 Å². The molecule has 2 aromatic heterocycles. The number of hydrogen-bond acceptors (Lipinski definition) is 4. The van der Waals surface area contributed by atoms with Gasteiger partial charge in [0.1, 0.15) is 0 Å². The molecule has 0 radical (unpaired) electrons. The summed E-state index contributed by atoms with van der Waals surface area (Å²) >= 11 is 3.57. The first-order valence-electron chi connectivity index (χ1n) is 5.56. The van der Waals surface area contributed by atoms with Gasteiger partial charge in [-0.15, -0.1) is 22.7 Å². The van der Waals surface area contributed by atoms with E-state index in [1.807, 2.05) is 22.9 Å². The molecule has 0 spiro atoms. The molecule has 0 saturated heterocycles. The Morgan fingerprint density at radius 3 is 2.94 bits per heavy atom. The molecule has 2 aromatic rings. The van der Waals surface area contributed by atoms with Crippen molar-refractivity contribution in [3.63, 3.8) is 0 Å². The standard InChI is InChI=1S/C12H16N2S2/c1(5-12-14-7-9-16-12)2-6-13-10-11-4-3-8-15-11/h3-4,7-9,13H,1-2,5-6,10H2. The summed E-state index contributed by atoms with van der Waals surface area (Å²) in [6, 6.07) is 4.28. The fourth-order valence-electron chi connectivity index (χ4n) is 1.53. The van der Waals surface area contributed by atoms with Crippen LogP contribution in [0, 0.1) is 0 Å². The van der Waals surface area contributed by atoms with Gasteiger partial charge >= 0.3 is 0 Å². The lowest BCUT2D eigenvalue weighted by molar-refractivity contribution is 0.626. The van der Waals surface area contributed by atoms with E-state index in [0.717, 1.165) is 19.5 Å². The minimum Gasteiger partial charge on any atom is -0.312 e. The second-order valence-electron chi connectivity index (χ2n) is 3.64. The fraction of sp³-hybridized carbons (Fsp3) is 0.417. The summed E-state index contributed by atoms with van der Waals surface area (Å²) in [5, 5.41) is 8.89. The van der Waals surface area contributed by atoms with Gasteiger partial charge in [0.05, 0.1) is 5.01 Å². The Kier molecular flexibility index (Phi) is 4.99. The number of thiazole rings is 1. The molecule has 2 rings (SSSR count). The number of aryl methyl sites for hydroxylation is 1. The monoisotopic (exact) mass is 252 g/mol. The zero-order valence-electron chi connectivity index (χ0n) is 9.19. The van der Waals surface area contributed by atoms with Crippen molar-refractivity contribution in [3.05, 3.63) is 39.0 Å². The summed E-state index contributed by atoms with van der Waals surface area (Å²) in [6.45, 7) is 2.11. The molecule has 16 heavy (non-hydrogen) atoms. The molecular formula is C12H16N2S2. The molecule has 86 valence electrons. The molecule has 4 heteroatoms. The molecule has 0 unspecified atom stereocenters. The molecule has 0 aliphatic rings. The molecule has 0 saturated carbocycles. The van der Waals surface area contributed by atoms with Crippen molar-refractivity contribution < 1.29 is 0 Å². The van der Waals surface area contributed by atoms with E-state index < -0.39 is 0 Å². The van der Waals surface area contributed by atoms with E-state index in [1.54, 1.807) is 11.3 Å². The first-order chi connectivity index (χ1) is 7.95. The molecule has 0 aliphatic heterocycles. The minimum atomic E-state index is 1.01. The minimum absolute atomic E-state index is 1.01. The molecule has 0 aliphatic carbocycles. The molecule has 0 amide bonds. The van der Waals surface area contributed by atoms with Crippen molar-refractivity contribution in [2.45, 2.75) is 25.8 Å². The Balaban J connectivity index is 1.49. The normalized spacial score (nSPS) is 10.8. The Labute approximate surface area is 104 Å². The number of aromatic nitrogens is 1. The van der Waals surface area contributed by atoms with Crippen LogP contribution in [0.1, 0.15) is 22.7 Å². The van der Waals surface area contributed by atoms with Crippen molar-refractivity contribution in [1.82, 2.24) is 10.3 Å². The van der Waals surface area contributed by atoms with Crippen LogP contribution >= 0.6 is 22.7 Å². The lowest BCUT2D eigenvalue weighted by Crippen LogP contribution is -2.13. The van der Waals surface area contributed by atoms with E-state index in [-0.39, 0.29) is 0 Å². The van der Waals surface area contributed by atoms with Gasteiger partial charge in [-0.25, -0.2) is 4.98 Å². The zero-order valence-corrected chi connectivity index (χ0v) is 10.8. The van der Waals surface area contributed by atoms with Crippen LogP contribution in [-0.2, 0) is 13.0 Å². The van der Waals surface area contributed by atoms with Crippen LogP contribution in [0.25, 0.3) is 0 Å². The predicted octanol–water partition coefficient (Wildman–Crippen LogP) is 3.32. The third-order valence-electron chi connectivity index (χ3n) is 2.36. The molecular weight excluding hydrogens is 236 g/mol. The van der Waals surface area contributed by atoms with Gasteiger partial charge in [-0.1, -0.05) is 6.07 Å². The summed E-state index contributed by atoms with van der Waals surface area (Å²) < 4.78 is 0. The van der Waals surface area contributed by atoms with Crippen LogP contribution in [0.15, 0.2) is 29.1 Å². The first kappa shape index (κ1) is 11.8. The summed E-state index contributed by atoms with van der Waals surface area (Å²) in [5.41, 5.74) is 0. The Morgan fingerprint density at radius 1 is 1.19 bits per heavy atom. The van der Waals surface area contributed by atoms with Gasteiger partial charge in [0.25, 0.3) is 0 Å². The maximum absolute atomic E-state index is 4.27. The maximum Gasteiger partial charge on any atom is 0.0924 e. The predicted molar refractivity (Wildman–Crippen MR) is 71.1 cm³/mol. The maximum atomic E-state index is 4.27. The number of thiophene rings is 1. The highest BCUT2D eigenvalue weighted by molar-refractivity contribution is 7.10. The molecule has 0 atom stereocenters. The SMILES string of the molecule is c1csc(CNCCCCc2nccs2)c1. The second-order valence-corrected chi connectivity index (χ2v) is 5.65. The van der Waals surface area contributed by atoms with Crippen molar-refractivity contribution in [2.75, 3.05) is 6.54 Å². The average Bonchev–Trinajstić information content (AvgIpc) is 2.96. The van der Waals surface area contributed by atoms with Gasteiger partial charge in [-0.2, -0.15) is 0 Å². The summed E-state index contributed by atoms with van der Waals surface area (Å²) in [5.74, 6) is 0. The number of nitrogens with zero attached hydrogens (tertiary/aromatic N) is 1. The van der Waals surface area contributed by atoms with Gasteiger partial charge in [0.2, 0.25) is 0 Å². The van der Waals surface area contributed by atoms with E-state index in [9.17, 15) is 0 Å². The third kappa shape index (κ3) is 4.04. The number of nitrogens with one attached hydrogen (secondary N) is 1. The molecule has 2 heterocycles. The van der Waals surface area contributed by atoms with Crippen LogP contribution < -0.4 is 5.32 Å². The molecule has 2 nitrogen and oxygen atoms in total. The van der Waals surface area contributed by atoms with Gasteiger partial charge in [-0.3, -0.25) is 0 Å². The Hall–Kier alpha value is -0.710. The first-order valence-corrected chi connectivity index (χ1v) is 7.32. The quantitative estimate of drug-likeness (QED) is 0.765. The molecule has 0 fully saturated rings. The van der Waals surface area contributed by atoms with E-state index in [4.69, 9.17) is 0 Å². The lowest BCUT2D eigenvalue weighted by Gasteiger charge is -2.02. The van der Waals surface area contributed by atoms with Gasteiger partial charge < -0.3 is 5.32 Å². The smallest absolute Gasteiger partial charge is 0.0924 e. The number of unbranched alkanes of at least 4 members (excludes halogenated alkanes) is 1. The highest BCUT2D eigenvalue weighted by Crippen LogP contribution is 2.09. The van der Waals surface area contributed by atoms with Gasteiger partial charge in [0, 0.05) is 23.0 Å².